The first-order chi connectivity index (χ1) is 10.1. The van der Waals surface area contributed by atoms with E-state index in [2.05, 4.69) is 10.1 Å². The summed E-state index contributed by atoms with van der Waals surface area (Å²) in [6, 6.07) is 7.18. The number of rotatable bonds is 3. The SMILES string of the molecule is CCCn1c(N)c2cnn(-c3cccc(Cl)c3)c2nc1=O. The van der Waals surface area contributed by atoms with Gasteiger partial charge < -0.3 is 5.73 Å². The second kappa shape index (κ2) is 5.21. The van der Waals surface area contributed by atoms with Crippen molar-refractivity contribution in [1.82, 2.24) is 19.3 Å². The quantitative estimate of drug-likeness (QED) is 0.804. The molecule has 1 aromatic carbocycles. The van der Waals surface area contributed by atoms with Gasteiger partial charge in [-0.1, -0.05) is 24.6 Å². The van der Waals surface area contributed by atoms with Crippen LogP contribution >= 0.6 is 11.6 Å². The van der Waals surface area contributed by atoms with Gasteiger partial charge >= 0.3 is 5.69 Å². The summed E-state index contributed by atoms with van der Waals surface area (Å²) in [6.45, 7) is 2.52. The Morgan fingerprint density at radius 1 is 1.38 bits per heavy atom. The van der Waals surface area contributed by atoms with Crippen LogP contribution < -0.4 is 11.4 Å². The molecule has 0 atom stereocenters. The first-order valence-corrected chi connectivity index (χ1v) is 6.99. The third-order valence-electron chi connectivity index (χ3n) is 3.24. The van der Waals surface area contributed by atoms with Gasteiger partial charge in [-0.3, -0.25) is 4.57 Å². The Hall–Kier alpha value is -2.34. The molecule has 3 aromatic rings. The summed E-state index contributed by atoms with van der Waals surface area (Å²) in [5.74, 6) is 0.389. The Morgan fingerprint density at radius 2 is 2.19 bits per heavy atom. The maximum atomic E-state index is 12.1. The molecule has 108 valence electrons. The van der Waals surface area contributed by atoms with Crippen molar-refractivity contribution in [2.45, 2.75) is 19.9 Å². The number of benzene rings is 1. The molecule has 0 aliphatic carbocycles. The highest BCUT2D eigenvalue weighted by molar-refractivity contribution is 6.30. The monoisotopic (exact) mass is 303 g/mol. The summed E-state index contributed by atoms with van der Waals surface area (Å²) in [4.78, 5) is 16.2. The lowest BCUT2D eigenvalue weighted by Gasteiger charge is -2.08. The van der Waals surface area contributed by atoms with Crippen LogP contribution in [0.2, 0.25) is 5.02 Å². The molecule has 7 heteroatoms. The van der Waals surface area contributed by atoms with E-state index in [1.54, 1.807) is 23.0 Å². The number of anilines is 1. The molecule has 0 aliphatic rings. The Kier molecular flexibility index (Phi) is 3.39. The highest BCUT2D eigenvalue weighted by Gasteiger charge is 2.14. The van der Waals surface area contributed by atoms with Crippen LogP contribution in [-0.2, 0) is 6.54 Å². The van der Waals surface area contributed by atoms with Crippen LogP contribution in [-0.4, -0.2) is 19.3 Å². The molecule has 0 bridgehead atoms. The average Bonchev–Trinajstić information content (AvgIpc) is 2.87. The molecule has 0 unspecified atom stereocenters. The molecule has 0 saturated heterocycles. The summed E-state index contributed by atoms with van der Waals surface area (Å²) in [7, 11) is 0. The summed E-state index contributed by atoms with van der Waals surface area (Å²) < 4.78 is 3.03. The molecule has 2 heterocycles. The van der Waals surface area contributed by atoms with Gasteiger partial charge in [-0.05, 0) is 24.6 Å². The number of nitrogens with zero attached hydrogens (tertiary/aromatic N) is 4. The van der Waals surface area contributed by atoms with E-state index in [-0.39, 0.29) is 5.69 Å². The van der Waals surface area contributed by atoms with Crippen molar-refractivity contribution in [3.63, 3.8) is 0 Å². The summed E-state index contributed by atoms with van der Waals surface area (Å²) in [6.07, 6.45) is 2.42. The molecular formula is C14H14ClN5O. The number of nitrogen functional groups attached to an aromatic ring is 1. The first-order valence-electron chi connectivity index (χ1n) is 6.61. The van der Waals surface area contributed by atoms with E-state index in [4.69, 9.17) is 17.3 Å². The van der Waals surface area contributed by atoms with E-state index < -0.39 is 0 Å². The van der Waals surface area contributed by atoms with Gasteiger partial charge in [0.2, 0.25) is 0 Å². The zero-order valence-electron chi connectivity index (χ0n) is 11.5. The topological polar surface area (TPSA) is 78.7 Å². The average molecular weight is 304 g/mol. The lowest BCUT2D eigenvalue weighted by atomic mass is 10.3. The molecule has 0 aliphatic heterocycles. The van der Waals surface area contributed by atoms with Crippen molar-refractivity contribution in [2.24, 2.45) is 0 Å². The smallest absolute Gasteiger partial charge is 0.351 e. The maximum absolute atomic E-state index is 12.1. The molecule has 6 nitrogen and oxygen atoms in total. The Labute approximate surface area is 125 Å². The van der Waals surface area contributed by atoms with E-state index in [9.17, 15) is 4.79 Å². The fraction of sp³-hybridized carbons (Fsp3) is 0.214. The molecular weight excluding hydrogens is 290 g/mol. The largest absolute Gasteiger partial charge is 0.384 e. The minimum atomic E-state index is -0.370. The van der Waals surface area contributed by atoms with Crippen LogP contribution in [0, 0.1) is 0 Å². The van der Waals surface area contributed by atoms with E-state index in [1.165, 1.54) is 4.57 Å². The maximum Gasteiger partial charge on any atom is 0.351 e. The van der Waals surface area contributed by atoms with Crippen LogP contribution in [0.25, 0.3) is 16.7 Å². The van der Waals surface area contributed by atoms with E-state index in [0.29, 0.717) is 28.4 Å². The summed E-state index contributed by atoms with van der Waals surface area (Å²) in [5, 5.41) is 5.52. The number of hydrogen-bond acceptors (Lipinski definition) is 4. The zero-order chi connectivity index (χ0) is 15.0. The highest BCUT2D eigenvalue weighted by Crippen LogP contribution is 2.21. The van der Waals surface area contributed by atoms with Gasteiger partial charge in [-0.15, -0.1) is 0 Å². The van der Waals surface area contributed by atoms with Crippen LogP contribution in [0.3, 0.4) is 0 Å². The predicted octanol–water partition coefficient (Wildman–Crippen LogP) is 2.23. The Bertz CT molecular complexity index is 867. The van der Waals surface area contributed by atoms with Crippen LogP contribution in [0.5, 0.6) is 0 Å². The van der Waals surface area contributed by atoms with E-state index in [0.717, 1.165) is 12.1 Å². The van der Waals surface area contributed by atoms with Crippen molar-refractivity contribution in [3.8, 4) is 5.69 Å². The minimum absolute atomic E-state index is 0.370. The fourth-order valence-corrected chi connectivity index (χ4v) is 2.45. The number of halogens is 1. The minimum Gasteiger partial charge on any atom is -0.384 e. The van der Waals surface area contributed by atoms with Gasteiger partial charge in [0.25, 0.3) is 0 Å². The van der Waals surface area contributed by atoms with Crippen LogP contribution in [0.15, 0.2) is 35.3 Å². The second-order valence-electron chi connectivity index (χ2n) is 4.70. The molecule has 0 fully saturated rings. The van der Waals surface area contributed by atoms with Gasteiger partial charge in [0.05, 0.1) is 17.3 Å². The van der Waals surface area contributed by atoms with Crippen molar-refractivity contribution in [2.75, 3.05) is 5.73 Å². The van der Waals surface area contributed by atoms with E-state index >= 15 is 0 Å². The second-order valence-corrected chi connectivity index (χ2v) is 5.14. The van der Waals surface area contributed by atoms with Gasteiger partial charge in [0, 0.05) is 11.6 Å². The molecule has 21 heavy (non-hydrogen) atoms. The van der Waals surface area contributed by atoms with Crippen LogP contribution in [0.1, 0.15) is 13.3 Å². The number of hydrogen-bond donors (Lipinski definition) is 1. The molecule has 0 radical (unpaired) electrons. The van der Waals surface area contributed by atoms with Crippen molar-refractivity contribution in [1.29, 1.82) is 0 Å². The fourth-order valence-electron chi connectivity index (χ4n) is 2.27. The zero-order valence-corrected chi connectivity index (χ0v) is 12.2. The Morgan fingerprint density at radius 3 is 2.90 bits per heavy atom. The van der Waals surface area contributed by atoms with Crippen molar-refractivity contribution < 1.29 is 0 Å². The third kappa shape index (κ3) is 2.27. The lowest BCUT2D eigenvalue weighted by molar-refractivity contribution is 0.649. The van der Waals surface area contributed by atoms with Gasteiger partial charge in [0.15, 0.2) is 5.65 Å². The van der Waals surface area contributed by atoms with Gasteiger partial charge in [-0.25, -0.2) is 9.48 Å². The predicted molar refractivity (Wildman–Crippen MR) is 82.8 cm³/mol. The molecule has 0 spiro atoms. The molecule has 3 rings (SSSR count). The summed E-state index contributed by atoms with van der Waals surface area (Å²) in [5.41, 5.74) is 6.87. The number of aromatic nitrogens is 4. The van der Waals surface area contributed by atoms with Crippen molar-refractivity contribution >= 4 is 28.5 Å². The molecule has 2 aromatic heterocycles. The lowest BCUT2D eigenvalue weighted by Crippen LogP contribution is -2.26. The summed E-state index contributed by atoms with van der Waals surface area (Å²) >= 11 is 5.99. The molecule has 2 N–H and O–H groups in total. The number of fused-ring (bicyclic) bond motifs is 1. The standard InChI is InChI=1S/C14H14ClN5O/c1-2-6-19-12(16)11-8-17-20(13(11)18-14(19)21)10-5-3-4-9(15)7-10/h3-5,7-8H,2,6,16H2,1H3. The Balaban J connectivity index is 2.26. The third-order valence-corrected chi connectivity index (χ3v) is 3.48. The normalized spacial score (nSPS) is 11.1. The van der Waals surface area contributed by atoms with E-state index in [1.807, 2.05) is 19.1 Å². The van der Waals surface area contributed by atoms with Crippen molar-refractivity contribution in [3.05, 3.63) is 46.0 Å². The van der Waals surface area contributed by atoms with Crippen LogP contribution in [0.4, 0.5) is 5.82 Å². The van der Waals surface area contributed by atoms with Gasteiger partial charge in [-0.2, -0.15) is 10.1 Å². The number of nitrogens with two attached hydrogens (primary N) is 1. The molecule has 0 saturated carbocycles. The highest BCUT2D eigenvalue weighted by atomic mass is 35.5. The molecule has 0 amide bonds. The first kappa shape index (κ1) is 13.6. The van der Waals surface area contributed by atoms with Gasteiger partial charge in [0.1, 0.15) is 5.82 Å².